The molecule has 0 atom stereocenters. The van der Waals surface area contributed by atoms with E-state index < -0.39 is 0 Å². The minimum absolute atomic E-state index is 0.906. The van der Waals surface area contributed by atoms with Crippen LogP contribution in [0.15, 0.2) is 205 Å². The maximum Gasteiger partial charge on any atom is 0.136 e. The van der Waals surface area contributed by atoms with E-state index in [1.165, 1.54) is 53.2 Å². The van der Waals surface area contributed by atoms with Crippen LogP contribution in [0, 0.1) is 0 Å². The van der Waals surface area contributed by atoms with Gasteiger partial charge in [-0.05, 0) is 111 Å². The molecule has 0 radical (unpaired) electrons. The second kappa shape index (κ2) is 12.9. The summed E-state index contributed by atoms with van der Waals surface area (Å²) in [6.07, 6.45) is 0. The van der Waals surface area contributed by atoms with E-state index in [4.69, 9.17) is 4.42 Å². The normalized spacial score (nSPS) is 11.6. The highest BCUT2D eigenvalue weighted by atomic mass is 32.1. The van der Waals surface area contributed by atoms with Crippen molar-refractivity contribution in [3.8, 4) is 33.4 Å². The van der Waals surface area contributed by atoms with Gasteiger partial charge in [0.15, 0.2) is 0 Å². The Balaban J connectivity index is 0.979. The number of nitrogens with zero attached hydrogens (tertiary/aromatic N) is 1. The van der Waals surface area contributed by atoms with Crippen LogP contribution in [0.4, 0.5) is 17.1 Å². The topological polar surface area (TPSA) is 16.4 Å². The molecule has 0 N–H and O–H groups in total. The lowest BCUT2D eigenvalue weighted by Crippen LogP contribution is -2.09. The molecule has 9 aromatic carbocycles. The van der Waals surface area contributed by atoms with E-state index in [1.807, 2.05) is 23.5 Å². The Hall–Kier alpha value is -6.94. The summed E-state index contributed by atoms with van der Waals surface area (Å²) in [7, 11) is 0. The molecular weight excluding hydrogens is 687 g/mol. The van der Waals surface area contributed by atoms with Gasteiger partial charge in [0.25, 0.3) is 0 Å². The summed E-state index contributed by atoms with van der Waals surface area (Å²) in [6.45, 7) is 0. The van der Waals surface area contributed by atoms with Crippen LogP contribution in [0.3, 0.4) is 0 Å². The Kier molecular flexibility index (Phi) is 7.39. The molecule has 0 aliphatic rings. The van der Waals surface area contributed by atoms with Crippen molar-refractivity contribution in [3.05, 3.63) is 200 Å². The lowest BCUT2D eigenvalue weighted by molar-refractivity contribution is 0.669. The van der Waals surface area contributed by atoms with Gasteiger partial charge >= 0.3 is 0 Å². The minimum atomic E-state index is 0.906. The van der Waals surface area contributed by atoms with Crippen molar-refractivity contribution in [1.29, 1.82) is 0 Å². The SMILES string of the molecule is c1cc(-c2ccc(N(c3ccc(-c4ccc5c(c4)oc4ccccc45)cc3)c3ccc4c(c3)sc3ccccc34)cc2)cc(-c2cccc3ccccc23)c1. The predicted molar refractivity (Wildman–Crippen MR) is 235 cm³/mol. The molecule has 11 aromatic rings. The Labute approximate surface area is 322 Å². The molecule has 2 aromatic heterocycles. The van der Waals surface area contributed by atoms with Crippen LogP contribution < -0.4 is 4.90 Å². The van der Waals surface area contributed by atoms with Gasteiger partial charge < -0.3 is 9.32 Å². The van der Waals surface area contributed by atoms with E-state index in [0.29, 0.717) is 0 Å². The van der Waals surface area contributed by atoms with Crippen LogP contribution >= 0.6 is 11.3 Å². The summed E-state index contributed by atoms with van der Waals surface area (Å²) < 4.78 is 8.82. The van der Waals surface area contributed by atoms with Crippen LogP contribution in [0.5, 0.6) is 0 Å². The average Bonchev–Trinajstić information content (AvgIpc) is 3.82. The van der Waals surface area contributed by atoms with Gasteiger partial charge in [-0.3, -0.25) is 0 Å². The molecule has 0 unspecified atom stereocenters. The average molecular weight is 720 g/mol. The molecule has 0 fully saturated rings. The van der Waals surface area contributed by atoms with Gasteiger partial charge in [0, 0.05) is 48.0 Å². The third-order valence-electron chi connectivity index (χ3n) is 10.9. The molecule has 0 bridgehead atoms. The summed E-state index contributed by atoms with van der Waals surface area (Å²) in [5.74, 6) is 0. The van der Waals surface area contributed by atoms with Crippen molar-refractivity contribution in [2.45, 2.75) is 0 Å². The lowest BCUT2D eigenvalue weighted by atomic mass is 9.95. The van der Waals surface area contributed by atoms with E-state index in [9.17, 15) is 0 Å². The van der Waals surface area contributed by atoms with Crippen LogP contribution in [0.2, 0.25) is 0 Å². The van der Waals surface area contributed by atoms with E-state index in [1.54, 1.807) is 0 Å². The van der Waals surface area contributed by atoms with Gasteiger partial charge in [-0.15, -0.1) is 11.3 Å². The first-order valence-corrected chi connectivity index (χ1v) is 19.5. The third kappa shape index (κ3) is 5.48. The van der Waals surface area contributed by atoms with E-state index in [-0.39, 0.29) is 0 Å². The van der Waals surface area contributed by atoms with Crippen LogP contribution in [0.25, 0.3) is 86.3 Å². The Bertz CT molecular complexity index is 3200. The fraction of sp³-hybridized carbons (Fsp3) is 0. The van der Waals surface area contributed by atoms with E-state index in [2.05, 4.69) is 193 Å². The summed E-state index contributed by atoms with van der Waals surface area (Å²) in [4.78, 5) is 2.37. The zero-order chi connectivity index (χ0) is 36.3. The molecule has 0 aliphatic heterocycles. The molecule has 11 rings (SSSR count). The quantitative estimate of drug-likeness (QED) is 0.170. The number of hydrogen-bond acceptors (Lipinski definition) is 3. The first kappa shape index (κ1) is 31.6. The molecule has 2 nitrogen and oxygen atoms in total. The first-order valence-electron chi connectivity index (χ1n) is 18.7. The fourth-order valence-electron chi connectivity index (χ4n) is 8.16. The highest BCUT2D eigenvalue weighted by molar-refractivity contribution is 7.25. The summed E-state index contributed by atoms with van der Waals surface area (Å²) >= 11 is 1.85. The molecule has 0 saturated carbocycles. The molecular formula is C52H33NOS. The van der Waals surface area contributed by atoms with Crippen molar-refractivity contribution in [3.63, 3.8) is 0 Å². The van der Waals surface area contributed by atoms with Gasteiger partial charge in [-0.2, -0.15) is 0 Å². The summed E-state index contributed by atoms with van der Waals surface area (Å²) in [5, 5.41) is 7.41. The van der Waals surface area contributed by atoms with Crippen LogP contribution in [0.1, 0.15) is 0 Å². The van der Waals surface area contributed by atoms with Gasteiger partial charge in [-0.25, -0.2) is 0 Å². The second-order valence-electron chi connectivity index (χ2n) is 14.1. The monoisotopic (exact) mass is 719 g/mol. The largest absolute Gasteiger partial charge is 0.456 e. The summed E-state index contributed by atoms with van der Waals surface area (Å²) in [6, 6.07) is 72.3. The number of rotatable bonds is 6. The van der Waals surface area contributed by atoms with Crippen molar-refractivity contribution in [2.24, 2.45) is 0 Å². The van der Waals surface area contributed by atoms with Gasteiger partial charge in [-0.1, -0.05) is 133 Å². The zero-order valence-corrected chi connectivity index (χ0v) is 30.6. The molecule has 0 aliphatic carbocycles. The minimum Gasteiger partial charge on any atom is -0.456 e. The Morgan fingerprint density at radius 1 is 0.327 bits per heavy atom. The smallest absolute Gasteiger partial charge is 0.136 e. The van der Waals surface area contributed by atoms with E-state index in [0.717, 1.165) is 50.1 Å². The molecule has 3 heteroatoms. The molecule has 2 heterocycles. The molecule has 0 saturated heterocycles. The molecule has 55 heavy (non-hydrogen) atoms. The van der Waals surface area contributed by atoms with Crippen molar-refractivity contribution >= 4 is 81.3 Å². The van der Waals surface area contributed by atoms with Crippen molar-refractivity contribution in [2.75, 3.05) is 4.90 Å². The molecule has 258 valence electrons. The number of furan rings is 1. The predicted octanol–water partition coefficient (Wildman–Crippen LogP) is 15.6. The highest BCUT2D eigenvalue weighted by Gasteiger charge is 2.16. The van der Waals surface area contributed by atoms with Crippen LogP contribution in [-0.4, -0.2) is 0 Å². The number of benzene rings is 9. The lowest BCUT2D eigenvalue weighted by Gasteiger charge is -2.26. The fourth-order valence-corrected chi connectivity index (χ4v) is 9.29. The number of hydrogen-bond donors (Lipinski definition) is 0. The Morgan fingerprint density at radius 2 is 0.891 bits per heavy atom. The number of para-hydroxylation sites is 1. The number of fused-ring (bicyclic) bond motifs is 7. The third-order valence-corrected chi connectivity index (χ3v) is 12.0. The molecule has 0 spiro atoms. The standard InChI is InChI=1S/C52H33NOS/c1-2-13-43-36(9-1)10-8-16-44(43)39-12-7-11-37(31-39)34-19-24-40(25-20-34)53(42-28-30-48-47-15-4-6-18-51(47)55-52(48)33-42)41-26-21-35(22-27-41)38-23-29-46-45-14-3-5-17-49(45)54-50(46)32-38/h1-33H. The number of anilines is 3. The van der Waals surface area contributed by atoms with Crippen molar-refractivity contribution in [1.82, 2.24) is 0 Å². The van der Waals surface area contributed by atoms with Crippen LogP contribution in [-0.2, 0) is 0 Å². The first-order chi connectivity index (χ1) is 27.2. The molecule has 0 amide bonds. The second-order valence-corrected chi connectivity index (χ2v) is 15.2. The van der Waals surface area contributed by atoms with E-state index >= 15 is 0 Å². The van der Waals surface area contributed by atoms with Gasteiger partial charge in [0.05, 0.1) is 0 Å². The number of thiophene rings is 1. The highest BCUT2D eigenvalue weighted by Crippen LogP contribution is 2.42. The zero-order valence-electron chi connectivity index (χ0n) is 29.8. The summed E-state index contributed by atoms with van der Waals surface area (Å²) in [5.41, 5.74) is 12.3. The Morgan fingerprint density at radius 3 is 1.71 bits per heavy atom. The van der Waals surface area contributed by atoms with Gasteiger partial charge in [0.1, 0.15) is 11.2 Å². The maximum absolute atomic E-state index is 6.23. The van der Waals surface area contributed by atoms with Crippen molar-refractivity contribution < 1.29 is 4.42 Å². The van der Waals surface area contributed by atoms with Gasteiger partial charge in [0.2, 0.25) is 0 Å². The maximum atomic E-state index is 6.23.